The molecule has 3 heterocycles. The Labute approximate surface area is 159 Å². The van der Waals surface area contributed by atoms with Crippen LogP contribution in [0.15, 0.2) is 12.4 Å². The molecule has 2 aliphatic rings. The number of carbonyl (C=O) groups is 1. The molecule has 3 N–H and O–H groups in total. The van der Waals surface area contributed by atoms with Gasteiger partial charge in [-0.2, -0.15) is 0 Å². The van der Waals surface area contributed by atoms with Gasteiger partial charge in [0.1, 0.15) is 0 Å². The van der Waals surface area contributed by atoms with Crippen molar-refractivity contribution in [2.24, 2.45) is 0 Å². The molecule has 0 spiro atoms. The van der Waals surface area contributed by atoms with Crippen molar-refractivity contribution < 1.29 is 24.3 Å². The second-order valence-corrected chi connectivity index (χ2v) is 8.04. The number of amides is 1. The summed E-state index contributed by atoms with van der Waals surface area (Å²) in [7, 11) is -0.505. The molecule has 10 heteroatoms. The van der Waals surface area contributed by atoms with E-state index in [1.807, 2.05) is 32.6 Å². The Kier molecular flexibility index (Phi) is 5.44. The average molecular weight is 378 g/mol. The molecule has 2 atom stereocenters. The van der Waals surface area contributed by atoms with E-state index in [1.165, 1.54) is 0 Å². The third-order valence-corrected chi connectivity index (χ3v) is 5.48. The van der Waals surface area contributed by atoms with Crippen LogP contribution in [0.4, 0.5) is 5.95 Å². The van der Waals surface area contributed by atoms with Crippen molar-refractivity contribution in [2.45, 2.75) is 57.5 Å². The van der Waals surface area contributed by atoms with Gasteiger partial charge in [-0.1, -0.05) is 0 Å². The molecule has 0 radical (unpaired) electrons. The largest absolute Gasteiger partial charge is 0.498 e. The standard InChI is InChI=1S/C17H27BN4O5/c1-16(2)17(3,4)27-18(26-16)11-7-19-15(20-8-11)22-6-5-12(9-22)21-14(25)13(24)10-23/h7-8,12-13,23-24H,5-6,9-10H2,1-4H3,(H,21,25)/t12-,13?/m1/s1. The fourth-order valence-corrected chi connectivity index (χ4v) is 3.04. The van der Waals surface area contributed by atoms with Crippen molar-refractivity contribution in [3.63, 3.8) is 0 Å². The van der Waals surface area contributed by atoms with Crippen LogP contribution < -0.4 is 15.7 Å². The summed E-state index contributed by atoms with van der Waals surface area (Å²) in [5.41, 5.74) is -0.0846. The molecule has 1 aromatic heterocycles. The Morgan fingerprint density at radius 2 is 1.93 bits per heavy atom. The summed E-state index contributed by atoms with van der Waals surface area (Å²) in [4.78, 5) is 22.5. The molecule has 148 valence electrons. The number of aliphatic hydroxyl groups is 2. The maximum absolute atomic E-state index is 11.7. The number of hydrogen-bond donors (Lipinski definition) is 3. The summed E-state index contributed by atoms with van der Waals surface area (Å²) >= 11 is 0. The van der Waals surface area contributed by atoms with E-state index in [0.717, 1.165) is 5.46 Å². The topological polar surface area (TPSA) is 117 Å². The third-order valence-electron chi connectivity index (χ3n) is 5.48. The van der Waals surface area contributed by atoms with Crippen LogP contribution in [-0.4, -0.2) is 76.3 Å². The van der Waals surface area contributed by atoms with E-state index in [9.17, 15) is 9.90 Å². The molecule has 3 rings (SSSR count). The highest BCUT2D eigenvalue weighted by atomic mass is 16.7. The minimum Gasteiger partial charge on any atom is -0.399 e. The quantitative estimate of drug-likeness (QED) is 0.549. The maximum Gasteiger partial charge on any atom is 0.498 e. The molecule has 2 fully saturated rings. The Morgan fingerprint density at radius 1 is 1.33 bits per heavy atom. The Bertz CT molecular complexity index is 668. The number of nitrogens with one attached hydrogen (secondary N) is 1. The number of aromatic nitrogens is 2. The first-order valence-corrected chi connectivity index (χ1v) is 9.15. The molecule has 27 heavy (non-hydrogen) atoms. The van der Waals surface area contributed by atoms with Crippen LogP contribution in [0, 0.1) is 0 Å². The minimum absolute atomic E-state index is 0.120. The van der Waals surface area contributed by atoms with Gasteiger partial charge in [0.15, 0.2) is 6.10 Å². The first kappa shape index (κ1) is 20.0. The van der Waals surface area contributed by atoms with Crippen LogP contribution in [0.3, 0.4) is 0 Å². The van der Waals surface area contributed by atoms with Crippen molar-refractivity contribution in [2.75, 3.05) is 24.6 Å². The predicted molar refractivity (Wildman–Crippen MR) is 99.6 cm³/mol. The van der Waals surface area contributed by atoms with E-state index in [4.69, 9.17) is 14.4 Å². The monoisotopic (exact) mass is 378 g/mol. The van der Waals surface area contributed by atoms with E-state index in [0.29, 0.717) is 25.5 Å². The van der Waals surface area contributed by atoms with Crippen LogP contribution in [0.2, 0.25) is 0 Å². The van der Waals surface area contributed by atoms with Crippen LogP contribution >= 0.6 is 0 Å². The van der Waals surface area contributed by atoms with Gasteiger partial charge in [-0.3, -0.25) is 4.79 Å². The van der Waals surface area contributed by atoms with Gasteiger partial charge in [0.05, 0.1) is 17.8 Å². The van der Waals surface area contributed by atoms with Gasteiger partial charge in [0.25, 0.3) is 5.91 Å². The zero-order valence-corrected chi connectivity index (χ0v) is 16.2. The highest BCUT2D eigenvalue weighted by molar-refractivity contribution is 6.61. The molecule has 1 aromatic rings. The van der Waals surface area contributed by atoms with Gasteiger partial charge in [-0.25, -0.2) is 9.97 Å². The highest BCUT2D eigenvalue weighted by Gasteiger charge is 2.52. The molecule has 2 aliphatic heterocycles. The zero-order valence-electron chi connectivity index (χ0n) is 16.2. The fourth-order valence-electron chi connectivity index (χ4n) is 3.04. The number of carbonyl (C=O) groups excluding carboxylic acids is 1. The van der Waals surface area contributed by atoms with Crippen molar-refractivity contribution in [1.82, 2.24) is 15.3 Å². The van der Waals surface area contributed by atoms with Gasteiger partial charge in [-0.15, -0.1) is 0 Å². The van der Waals surface area contributed by atoms with Crippen molar-refractivity contribution in [3.8, 4) is 0 Å². The van der Waals surface area contributed by atoms with Crippen LogP contribution in [-0.2, 0) is 14.1 Å². The summed E-state index contributed by atoms with van der Waals surface area (Å²) in [5.74, 6) is -0.00361. The van der Waals surface area contributed by atoms with Gasteiger partial charge >= 0.3 is 7.12 Å². The smallest absolute Gasteiger partial charge is 0.399 e. The maximum atomic E-state index is 11.7. The lowest BCUT2D eigenvalue weighted by molar-refractivity contribution is -0.131. The molecule has 0 saturated carbocycles. The molecule has 0 aliphatic carbocycles. The Hall–Kier alpha value is -1.75. The molecule has 9 nitrogen and oxygen atoms in total. The molecule has 1 unspecified atom stereocenters. The second-order valence-electron chi connectivity index (χ2n) is 8.04. The molecule has 1 amide bonds. The van der Waals surface area contributed by atoms with Crippen LogP contribution in [0.25, 0.3) is 0 Å². The van der Waals surface area contributed by atoms with E-state index in [1.54, 1.807) is 12.4 Å². The lowest BCUT2D eigenvalue weighted by Crippen LogP contribution is -2.44. The first-order valence-electron chi connectivity index (χ1n) is 9.15. The molecule has 2 saturated heterocycles. The number of nitrogens with zero attached hydrogens (tertiary/aromatic N) is 3. The third kappa shape index (κ3) is 4.08. The van der Waals surface area contributed by atoms with Gasteiger partial charge < -0.3 is 29.7 Å². The van der Waals surface area contributed by atoms with Crippen molar-refractivity contribution >= 4 is 24.4 Å². The van der Waals surface area contributed by atoms with Gasteiger partial charge in [0, 0.05) is 37.0 Å². The summed E-state index contributed by atoms with van der Waals surface area (Å²) in [6, 6.07) is -0.120. The summed E-state index contributed by atoms with van der Waals surface area (Å²) in [5, 5.41) is 20.9. The van der Waals surface area contributed by atoms with E-state index < -0.39 is 36.9 Å². The van der Waals surface area contributed by atoms with Crippen LogP contribution in [0.5, 0.6) is 0 Å². The number of aliphatic hydroxyl groups excluding tert-OH is 2. The summed E-state index contributed by atoms with van der Waals surface area (Å²) < 4.78 is 12.0. The minimum atomic E-state index is -1.39. The van der Waals surface area contributed by atoms with Crippen molar-refractivity contribution in [1.29, 1.82) is 0 Å². The lowest BCUT2D eigenvalue weighted by Gasteiger charge is -2.32. The van der Waals surface area contributed by atoms with E-state index in [2.05, 4.69) is 15.3 Å². The van der Waals surface area contributed by atoms with Gasteiger partial charge in [0.2, 0.25) is 5.95 Å². The number of anilines is 1. The van der Waals surface area contributed by atoms with Crippen molar-refractivity contribution in [3.05, 3.63) is 12.4 Å². The summed E-state index contributed by atoms with van der Waals surface area (Å²) in [6.07, 6.45) is 2.72. The normalized spacial score (nSPS) is 24.9. The zero-order chi connectivity index (χ0) is 19.8. The van der Waals surface area contributed by atoms with E-state index in [-0.39, 0.29) is 6.04 Å². The van der Waals surface area contributed by atoms with E-state index >= 15 is 0 Å². The molecular formula is C17H27BN4O5. The lowest BCUT2D eigenvalue weighted by atomic mass is 9.81. The Morgan fingerprint density at radius 3 is 2.48 bits per heavy atom. The molecule has 0 bridgehead atoms. The predicted octanol–water partition coefficient (Wildman–Crippen LogP) is -1.18. The first-order chi connectivity index (χ1) is 12.6. The number of hydrogen-bond acceptors (Lipinski definition) is 8. The second kappa shape index (κ2) is 7.35. The van der Waals surface area contributed by atoms with Crippen LogP contribution in [0.1, 0.15) is 34.1 Å². The SMILES string of the molecule is CC1(C)OB(c2cnc(N3CC[C@@H](NC(=O)C(O)CO)C3)nc2)OC1(C)C. The molecule has 0 aromatic carbocycles. The number of rotatable bonds is 5. The highest BCUT2D eigenvalue weighted by Crippen LogP contribution is 2.36. The average Bonchev–Trinajstić information content (AvgIpc) is 3.16. The molecular weight excluding hydrogens is 351 g/mol. The summed E-state index contributed by atoms with van der Waals surface area (Å²) in [6.45, 7) is 8.62. The Balaban J connectivity index is 1.60. The van der Waals surface area contributed by atoms with Gasteiger partial charge in [-0.05, 0) is 34.1 Å². The fraction of sp³-hybridized carbons (Fsp3) is 0.706.